The number of likely N-dealkylation sites (N-methyl/N-ethyl adjacent to an activating group) is 1. The monoisotopic (exact) mass is 268 g/mol. The van der Waals surface area contributed by atoms with Crippen LogP contribution in [0, 0.1) is 5.92 Å². The number of rotatable bonds is 4. The van der Waals surface area contributed by atoms with Gasteiger partial charge in [0.25, 0.3) is 0 Å². The molecule has 0 saturated carbocycles. The van der Waals surface area contributed by atoms with Crippen LogP contribution >= 0.6 is 11.6 Å². The molecule has 1 fully saturated rings. The van der Waals surface area contributed by atoms with Crippen LogP contribution in [0.15, 0.2) is 0 Å². The minimum Gasteiger partial charge on any atom is -0.305 e. The van der Waals surface area contributed by atoms with E-state index in [2.05, 4.69) is 11.8 Å². The van der Waals surface area contributed by atoms with Crippen molar-refractivity contribution < 1.29 is 8.42 Å². The molecular weight excluding hydrogens is 248 g/mol. The van der Waals surface area contributed by atoms with E-state index in [0.29, 0.717) is 25.0 Å². The topological polar surface area (TPSA) is 40.6 Å². The van der Waals surface area contributed by atoms with E-state index in [1.807, 2.05) is 14.1 Å². The smallest absolute Gasteiger partial charge is 0.217 e. The van der Waals surface area contributed by atoms with Crippen molar-refractivity contribution in [2.75, 3.05) is 33.1 Å². The fourth-order valence-electron chi connectivity index (χ4n) is 2.12. The quantitative estimate of drug-likeness (QED) is 0.709. The number of alkyl halides is 1. The predicted molar refractivity (Wildman–Crippen MR) is 67.3 cm³/mol. The highest BCUT2D eigenvalue weighted by atomic mass is 35.5. The Morgan fingerprint density at radius 3 is 2.38 bits per heavy atom. The van der Waals surface area contributed by atoms with Gasteiger partial charge in [-0.25, -0.2) is 8.42 Å². The maximum atomic E-state index is 12.1. The Bertz CT molecular complexity index is 332. The summed E-state index contributed by atoms with van der Waals surface area (Å²) in [6, 6.07) is 0.303. The summed E-state index contributed by atoms with van der Waals surface area (Å²) < 4.78 is 25.8. The molecule has 0 amide bonds. The first-order chi connectivity index (χ1) is 7.30. The number of sulfonamides is 1. The summed E-state index contributed by atoms with van der Waals surface area (Å²) in [5, 5.41) is -0.498. The van der Waals surface area contributed by atoms with Crippen LogP contribution in [-0.4, -0.2) is 62.0 Å². The van der Waals surface area contributed by atoms with Gasteiger partial charge in [0, 0.05) is 25.0 Å². The molecule has 0 bridgehead atoms. The molecule has 1 aliphatic rings. The van der Waals surface area contributed by atoms with Gasteiger partial charge in [-0.15, -0.1) is 11.6 Å². The fourth-order valence-corrected chi connectivity index (χ4v) is 4.07. The van der Waals surface area contributed by atoms with Crippen molar-refractivity contribution in [1.82, 2.24) is 9.21 Å². The van der Waals surface area contributed by atoms with Gasteiger partial charge in [0.05, 0.1) is 5.25 Å². The lowest BCUT2D eigenvalue weighted by Crippen LogP contribution is -2.39. The van der Waals surface area contributed by atoms with E-state index >= 15 is 0 Å². The highest BCUT2D eigenvalue weighted by Crippen LogP contribution is 2.24. The molecule has 0 N–H and O–H groups in total. The summed E-state index contributed by atoms with van der Waals surface area (Å²) in [6.07, 6.45) is 0. The van der Waals surface area contributed by atoms with Crippen molar-refractivity contribution in [3.8, 4) is 0 Å². The minimum absolute atomic E-state index is 0.153. The third-order valence-electron chi connectivity index (χ3n) is 3.29. The van der Waals surface area contributed by atoms with Crippen molar-refractivity contribution >= 4 is 21.6 Å². The van der Waals surface area contributed by atoms with Gasteiger partial charge >= 0.3 is 0 Å². The van der Waals surface area contributed by atoms with Gasteiger partial charge in [-0.2, -0.15) is 4.31 Å². The molecule has 1 saturated heterocycles. The summed E-state index contributed by atoms with van der Waals surface area (Å²) in [6.45, 7) is 4.94. The minimum atomic E-state index is -3.21. The van der Waals surface area contributed by atoms with Gasteiger partial charge in [0.1, 0.15) is 0 Å². The molecule has 0 aromatic carbocycles. The van der Waals surface area contributed by atoms with Crippen LogP contribution in [0.25, 0.3) is 0 Å². The Hall–Kier alpha value is 0.160. The molecule has 0 aromatic rings. The molecule has 96 valence electrons. The summed E-state index contributed by atoms with van der Waals surface area (Å²) in [5.74, 6) is 0.520. The molecule has 0 radical (unpaired) electrons. The van der Waals surface area contributed by atoms with Gasteiger partial charge in [-0.3, -0.25) is 0 Å². The molecule has 0 aliphatic carbocycles. The molecule has 16 heavy (non-hydrogen) atoms. The van der Waals surface area contributed by atoms with Crippen LogP contribution in [0.1, 0.15) is 13.8 Å². The fraction of sp³-hybridized carbons (Fsp3) is 1.00. The average molecular weight is 269 g/mol. The van der Waals surface area contributed by atoms with E-state index in [0.717, 1.165) is 0 Å². The highest BCUT2D eigenvalue weighted by Gasteiger charge is 2.39. The summed E-state index contributed by atoms with van der Waals surface area (Å²) >= 11 is 5.63. The average Bonchev–Trinajstić information content (AvgIpc) is 2.59. The molecule has 4 nitrogen and oxygen atoms in total. The van der Waals surface area contributed by atoms with E-state index in [1.165, 1.54) is 0 Å². The van der Waals surface area contributed by atoms with Crippen LogP contribution in [0.2, 0.25) is 0 Å². The van der Waals surface area contributed by atoms with Crippen molar-refractivity contribution in [3.05, 3.63) is 0 Å². The summed E-state index contributed by atoms with van der Waals surface area (Å²) in [7, 11) is 0.763. The maximum absolute atomic E-state index is 12.1. The summed E-state index contributed by atoms with van der Waals surface area (Å²) in [4.78, 5) is 2.09. The van der Waals surface area contributed by atoms with E-state index < -0.39 is 15.3 Å². The number of hydrogen-bond donors (Lipinski definition) is 0. The Morgan fingerprint density at radius 1 is 1.44 bits per heavy atom. The lowest BCUT2D eigenvalue weighted by atomic mass is 10.1. The van der Waals surface area contributed by atoms with Gasteiger partial charge in [-0.05, 0) is 26.9 Å². The first kappa shape index (κ1) is 14.2. The van der Waals surface area contributed by atoms with Crippen LogP contribution in [0.5, 0.6) is 0 Å². The third-order valence-corrected chi connectivity index (χ3v) is 6.14. The first-order valence-corrected chi connectivity index (χ1v) is 7.55. The largest absolute Gasteiger partial charge is 0.305 e. The SMILES string of the molecule is CC1CN(S(=O)(=O)C(C)CCl)CC1N(C)C. The lowest BCUT2D eigenvalue weighted by molar-refractivity contribution is 0.263. The Kier molecular flexibility index (Phi) is 4.63. The second-order valence-corrected chi connectivity index (χ2v) is 7.49. The zero-order valence-electron chi connectivity index (χ0n) is 10.4. The van der Waals surface area contributed by atoms with Gasteiger partial charge in [-0.1, -0.05) is 6.92 Å². The summed E-state index contributed by atoms with van der Waals surface area (Å²) in [5.41, 5.74) is 0. The zero-order chi connectivity index (χ0) is 12.5. The molecular formula is C10H21ClN2O2S. The van der Waals surface area contributed by atoms with E-state index in [4.69, 9.17) is 11.6 Å². The van der Waals surface area contributed by atoms with Crippen molar-refractivity contribution in [1.29, 1.82) is 0 Å². The van der Waals surface area contributed by atoms with E-state index in [9.17, 15) is 8.42 Å². The zero-order valence-corrected chi connectivity index (χ0v) is 11.9. The maximum Gasteiger partial charge on any atom is 0.217 e. The molecule has 3 unspecified atom stereocenters. The lowest BCUT2D eigenvalue weighted by Gasteiger charge is -2.23. The van der Waals surface area contributed by atoms with Crippen LogP contribution in [0.4, 0.5) is 0 Å². The van der Waals surface area contributed by atoms with E-state index in [-0.39, 0.29) is 5.88 Å². The molecule has 1 rings (SSSR count). The van der Waals surface area contributed by atoms with Crippen LogP contribution in [-0.2, 0) is 10.0 Å². The molecule has 1 heterocycles. The second-order valence-electron chi connectivity index (χ2n) is 4.84. The Labute approximate surface area is 104 Å². The molecule has 0 aromatic heterocycles. The predicted octanol–water partition coefficient (Wildman–Crippen LogP) is 0.825. The Balaban J connectivity index is 2.79. The first-order valence-electron chi connectivity index (χ1n) is 5.52. The number of nitrogens with zero attached hydrogens (tertiary/aromatic N) is 2. The van der Waals surface area contributed by atoms with Crippen molar-refractivity contribution in [3.63, 3.8) is 0 Å². The van der Waals surface area contributed by atoms with E-state index in [1.54, 1.807) is 11.2 Å². The molecule has 1 aliphatic heterocycles. The van der Waals surface area contributed by atoms with Gasteiger partial charge < -0.3 is 4.90 Å². The second kappa shape index (κ2) is 5.21. The van der Waals surface area contributed by atoms with Crippen LogP contribution in [0.3, 0.4) is 0 Å². The third kappa shape index (κ3) is 2.70. The van der Waals surface area contributed by atoms with Crippen LogP contribution < -0.4 is 0 Å². The molecule has 0 spiro atoms. The normalized spacial score (nSPS) is 29.9. The molecule has 6 heteroatoms. The Morgan fingerprint density at radius 2 is 2.00 bits per heavy atom. The number of halogens is 1. The number of hydrogen-bond acceptors (Lipinski definition) is 3. The highest BCUT2D eigenvalue weighted by molar-refractivity contribution is 7.89. The van der Waals surface area contributed by atoms with Crippen molar-refractivity contribution in [2.24, 2.45) is 5.92 Å². The van der Waals surface area contributed by atoms with Crippen molar-refractivity contribution in [2.45, 2.75) is 25.1 Å². The standard InChI is InChI=1S/C10H21ClN2O2S/c1-8-6-13(7-10(8)12(3)4)16(14,15)9(2)5-11/h8-10H,5-7H2,1-4H3. The molecule has 3 atom stereocenters. The van der Waals surface area contributed by atoms with Gasteiger partial charge in [0.15, 0.2) is 0 Å². The van der Waals surface area contributed by atoms with Gasteiger partial charge in [0.2, 0.25) is 10.0 Å².